The van der Waals surface area contributed by atoms with Crippen molar-refractivity contribution in [2.24, 2.45) is 0 Å². The van der Waals surface area contributed by atoms with Crippen LogP contribution in [0.4, 0.5) is 10.5 Å². The molecule has 2 N–H and O–H groups in total. The number of para-hydroxylation sites is 1. The summed E-state index contributed by atoms with van der Waals surface area (Å²) in [6.07, 6.45) is 3.28. The molecule has 0 atom stereocenters. The first kappa shape index (κ1) is 9.21. The molecule has 1 heterocycles. The van der Waals surface area contributed by atoms with Gasteiger partial charge in [-0.05, 0) is 41.3 Å². The summed E-state index contributed by atoms with van der Waals surface area (Å²) in [5.74, 6) is 0. The number of anilines is 1. The molecule has 2 amide bonds. The average molecular weight is 267 g/mol. The Balaban J connectivity index is 2.18. The minimum Gasteiger partial charge on any atom is -0.328 e. The summed E-state index contributed by atoms with van der Waals surface area (Å²) in [4.78, 5) is 11.5. The SMILES string of the molecule is O=C1Nc2c(Br)cccc2C2(CCC2)N1. The Morgan fingerprint density at radius 1 is 1.33 bits per heavy atom. The molecule has 15 heavy (non-hydrogen) atoms. The van der Waals surface area contributed by atoms with Crippen LogP contribution in [0.5, 0.6) is 0 Å². The van der Waals surface area contributed by atoms with Crippen LogP contribution in [-0.2, 0) is 5.54 Å². The zero-order chi connectivity index (χ0) is 10.5. The molecule has 1 aliphatic heterocycles. The zero-order valence-corrected chi connectivity index (χ0v) is 9.73. The summed E-state index contributed by atoms with van der Waals surface area (Å²) >= 11 is 3.47. The van der Waals surface area contributed by atoms with Gasteiger partial charge in [-0.3, -0.25) is 0 Å². The molecule has 3 rings (SSSR count). The smallest absolute Gasteiger partial charge is 0.319 e. The van der Waals surface area contributed by atoms with Crippen molar-refractivity contribution >= 4 is 27.6 Å². The number of carbonyl (C=O) groups is 1. The fourth-order valence-electron chi connectivity index (χ4n) is 2.40. The average Bonchev–Trinajstić information content (AvgIpc) is 2.16. The molecule has 3 nitrogen and oxygen atoms in total. The maximum Gasteiger partial charge on any atom is 0.319 e. The molecular weight excluding hydrogens is 256 g/mol. The van der Waals surface area contributed by atoms with E-state index in [4.69, 9.17) is 0 Å². The summed E-state index contributed by atoms with van der Waals surface area (Å²) in [7, 11) is 0. The van der Waals surface area contributed by atoms with Crippen molar-refractivity contribution in [1.82, 2.24) is 5.32 Å². The van der Waals surface area contributed by atoms with Crippen LogP contribution in [0, 0.1) is 0 Å². The highest BCUT2D eigenvalue weighted by Crippen LogP contribution is 2.47. The number of amides is 2. The van der Waals surface area contributed by atoms with E-state index in [1.165, 1.54) is 12.0 Å². The second kappa shape index (κ2) is 2.98. The predicted octanol–water partition coefficient (Wildman–Crippen LogP) is 2.96. The Morgan fingerprint density at radius 2 is 2.13 bits per heavy atom. The molecule has 0 unspecified atom stereocenters. The molecule has 4 heteroatoms. The Kier molecular flexibility index (Phi) is 1.83. The van der Waals surface area contributed by atoms with Gasteiger partial charge < -0.3 is 10.6 Å². The molecule has 1 aliphatic carbocycles. The molecule has 0 bridgehead atoms. The largest absolute Gasteiger partial charge is 0.328 e. The van der Waals surface area contributed by atoms with E-state index in [2.05, 4.69) is 32.6 Å². The lowest BCUT2D eigenvalue weighted by Crippen LogP contribution is -2.55. The third kappa shape index (κ3) is 1.21. The van der Waals surface area contributed by atoms with Crippen LogP contribution in [0.3, 0.4) is 0 Å². The Hall–Kier alpha value is -1.03. The molecule has 1 aromatic carbocycles. The number of rotatable bonds is 0. The van der Waals surface area contributed by atoms with Crippen LogP contribution >= 0.6 is 15.9 Å². The van der Waals surface area contributed by atoms with E-state index in [-0.39, 0.29) is 11.6 Å². The van der Waals surface area contributed by atoms with Gasteiger partial charge in [-0.15, -0.1) is 0 Å². The van der Waals surface area contributed by atoms with E-state index in [9.17, 15) is 4.79 Å². The number of fused-ring (bicyclic) bond motifs is 2. The van der Waals surface area contributed by atoms with Crippen molar-refractivity contribution in [3.05, 3.63) is 28.2 Å². The van der Waals surface area contributed by atoms with Gasteiger partial charge in [0.25, 0.3) is 0 Å². The fourth-order valence-corrected chi connectivity index (χ4v) is 2.87. The van der Waals surface area contributed by atoms with Gasteiger partial charge in [0.15, 0.2) is 0 Å². The van der Waals surface area contributed by atoms with Crippen molar-refractivity contribution in [1.29, 1.82) is 0 Å². The summed E-state index contributed by atoms with van der Waals surface area (Å²) < 4.78 is 0.959. The lowest BCUT2D eigenvalue weighted by atomic mass is 9.70. The quantitative estimate of drug-likeness (QED) is 0.745. The zero-order valence-electron chi connectivity index (χ0n) is 8.14. The molecule has 1 aromatic rings. The number of urea groups is 1. The second-order valence-corrected chi connectivity index (χ2v) is 5.03. The normalized spacial score (nSPS) is 21.3. The van der Waals surface area contributed by atoms with Crippen LogP contribution in [-0.4, -0.2) is 6.03 Å². The molecule has 78 valence electrons. The van der Waals surface area contributed by atoms with Gasteiger partial charge in [-0.1, -0.05) is 12.1 Å². The van der Waals surface area contributed by atoms with E-state index in [1.54, 1.807) is 0 Å². The Morgan fingerprint density at radius 3 is 2.80 bits per heavy atom. The minimum atomic E-state index is -0.0958. The fraction of sp³-hybridized carbons (Fsp3) is 0.364. The van der Waals surface area contributed by atoms with E-state index >= 15 is 0 Å². The monoisotopic (exact) mass is 266 g/mol. The van der Waals surface area contributed by atoms with Gasteiger partial charge in [-0.2, -0.15) is 0 Å². The van der Waals surface area contributed by atoms with E-state index < -0.39 is 0 Å². The number of carbonyl (C=O) groups excluding carboxylic acids is 1. The predicted molar refractivity (Wildman–Crippen MR) is 61.8 cm³/mol. The maximum atomic E-state index is 11.5. The van der Waals surface area contributed by atoms with Crippen molar-refractivity contribution in [3.8, 4) is 0 Å². The number of hydrogen-bond donors (Lipinski definition) is 2. The third-order valence-electron chi connectivity index (χ3n) is 3.33. The van der Waals surface area contributed by atoms with E-state index in [0.29, 0.717) is 0 Å². The van der Waals surface area contributed by atoms with Crippen LogP contribution < -0.4 is 10.6 Å². The molecule has 2 aliphatic rings. The van der Waals surface area contributed by atoms with Crippen LogP contribution in [0.1, 0.15) is 24.8 Å². The number of nitrogens with one attached hydrogen (secondary N) is 2. The lowest BCUT2D eigenvalue weighted by molar-refractivity contribution is 0.181. The Labute approximate surface area is 96.4 Å². The van der Waals surface area contributed by atoms with Crippen molar-refractivity contribution in [2.75, 3.05) is 5.32 Å². The van der Waals surface area contributed by atoms with Gasteiger partial charge in [0.1, 0.15) is 0 Å². The number of hydrogen-bond acceptors (Lipinski definition) is 1. The van der Waals surface area contributed by atoms with Crippen LogP contribution in [0.2, 0.25) is 0 Å². The highest BCUT2D eigenvalue weighted by molar-refractivity contribution is 9.10. The van der Waals surface area contributed by atoms with Gasteiger partial charge in [0, 0.05) is 10.0 Å². The van der Waals surface area contributed by atoms with Crippen LogP contribution in [0.15, 0.2) is 22.7 Å². The highest BCUT2D eigenvalue weighted by Gasteiger charge is 2.44. The van der Waals surface area contributed by atoms with Gasteiger partial charge in [0.2, 0.25) is 0 Å². The summed E-state index contributed by atoms with van der Waals surface area (Å²) in [6.45, 7) is 0. The molecule has 1 saturated carbocycles. The van der Waals surface area contributed by atoms with Gasteiger partial charge in [0.05, 0.1) is 11.2 Å². The molecule has 1 spiro atoms. The molecule has 0 radical (unpaired) electrons. The lowest BCUT2D eigenvalue weighted by Gasteiger charge is -2.46. The standard InChI is InChI=1S/C11H11BrN2O/c12-8-4-1-3-7-9(8)13-10(15)14-11(7)5-2-6-11/h1,3-4H,2,5-6H2,(H2,13,14,15). The number of benzene rings is 1. The highest BCUT2D eigenvalue weighted by atomic mass is 79.9. The maximum absolute atomic E-state index is 11.5. The molecule has 0 aromatic heterocycles. The van der Waals surface area contributed by atoms with Crippen molar-refractivity contribution in [2.45, 2.75) is 24.8 Å². The Bertz CT molecular complexity index is 440. The van der Waals surface area contributed by atoms with Crippen molar-refractivity contribution < 1.29 is 4.79 Å². The molecular formula is C11H11BrN2O. The molecule has 1 fully saturated rings. The van der Waals surface area contributed by atoms with Crippen LogP contribution in [0.25, 0.3) is 0 Å². The first-order valence-corrected chi connectivity index (χ1v) is 5.89. The topological polar surface area (TPSA) is 41.1 Å². The third-order valence-corrected chi connectivity index (χ3v) is 3.99. The summed E-state index contributed by atoms with van der Waals surface area (Å²) in [5, 5.41) is 5.90. The summed E-state index contributed by atoms with van der Waals surface area (Å²) in [6, 6.07) is 5.97. The summed E-state index contributed by atoms with van der Waals surface area (Å²) in [5.41, 5.74) is 2.05. The van der Waals surface area contributed by atoms with E-state index in [1.807, 2.05) is 12.1 Å². The minimum absolute atomic E-state index is 0.0888. The van der Waals surface area contributed by atoms with Gasteiger partial charge >= 0.3 is 6.03 Å². The van der Waals surface area contributed by atoms with E-state index in [0.717, 1.165) is 23.0 Å². The second-order valence-electron chi connectivity index (χ2n) is 4.18. The molecule has 0 saturated heterocycles. The van der Waals surface area contributed by atoms with Crippen molar-refractivity contribution in [3.63, 3.8) is 0 Å². The van der Waals surface area contributed by atoms with Gasteiger partial charge in [-0.25, -0.2) is 4.79 Å². The first-order chi connectivity index (χ1) is 7.21. The first-order valence-electron chi connectivity index (χ1n) is 5.09. The number of halogens is 1.